The lowest BCUT2D eigenvalue weighted by Crippen LogP contribution is -2.14. The van der Waals surface area contributed by atoms with Crippen LogP contribution < -0.4 is 15.4 Å². The van der Waals surface area contributed by atoms with Gasteiger partial charge in [-0.2, -0.15) is 0 Å². The van der Waals surface area contributed by atoms with Crippen molar-refractivity contribution in [2.45, 2.75) is 18.4 Å². The van der Waals surface area contributed by atoms with Crippen LogP contribution in [-0.2, 0) is 21.4 Å². The maximum absolute atomic E-state index is 12.5. The molecule has 1 aromatic carbocycles. The Morgan fingerprint density at radius 1 is 0.964 bits per heavy atom. The third-order valence-electron chi connectivity index (χ3n) is 3.73. The van der Waals surface area contributed by atoms with Gasteiger partial charge in [0.15, 0.2) is 0 Å². The predicted molar refractivity (Wildman–Crippen MR) is 107 cm³/mol. The van der Waals surface area contributed by atoms with Gasteiger partial charge in [0.1, 0.15) is 5.82 Å². The summed E-state index contributed by atoms with van der Waals surface area (Å²) in [6.07, 6.45) is 4.99. The fourth-order valence-electron chi connectivity index (χ4n) is 2.38. The summed E-state index contributed by atoms with van der Waals surface area (Å²) >= 11 is 0. The predicted octanol–water partition coefficient (Wildman–Crippen LogP) is 2.85. The molecule has 0 aliphatic heterocycles. The van der Waals surface area contributed by atoms with Gasteiger partial charge < -0.3 is 10.6 Å². The van der Waals surface area contributed by atoms with E-state index in [0.717, 1.165) is 11.3 Å². The first kappa shape index (κ1) is 19.3. The Morgan fingerprint density at radius 3 is 2.25 bits per heavy atom. The number of carbonyl (C=O) groups excluding carboxylic acids is 1. The van der Waals surface area contributed by atoms with E-state index in [2.05, 4.69) is 25.3 Å². The molecule has 28 heavy (non-hydrogen) atoms. The molecule has 0 unspecified atom stereocenters. The molecule has 0 spiro atoms. The zero-order valence-corrected chi connectivity index (χ0v) is 15.9. The molecular weight excluding hydrogens is 378 g/mol. The van der Waals surface area contributed by atoms with Crippen LogP contribution in [0.1, 0.15) is 12.5 Å². The summed E-state index contributed by atoms with van der Waals surface area (Å²) in [4.78, 5) is 19.2. The number of aromatic nitrogens is 2. The van der Waals surface area contributed by atoms with Crippen molar-refractivity contribution in [3.05, 3.63) is 72.7 Å². The monoisotopic (exact) mass is 397 g/mol. The van der Waals surface area contributed by atoms with Crippen LogP contribution >= 0.6 is 0 Å². The first-order chi connectivity index (χ1) is 13.4. The first-order valence-corrected chi connectivity index (χ1v) is 9.90. The van der Waals surface area contributed by atoms with Crippen molar-refractivity contribution in [2.75, 3.05) is 15.4 Å². The molecule has 0 saturated carbocycles. The van der Waals surface area contributed by atoms with Crippen LogP contribution in [0.4, 0.5) is 17.2 Å². The maximum Gasteiger partial charge on any atom is 0.263 e. The molecule has 0 saturated heterocycles. The highest BCUT2D eigenvalue weighted by molar-refractivity contribution is 7.92. The molecule has 9 heteroatoms. The average Bonchev–Trinajstić information content (AvgIpc) is 2.68. The molecule has 8 nitrogen and oxygen atoms in total. The van der Waals surface area contributed by atoms with E-state index in [9.17, 15) is 13.2 Å². The molecular formula is C19H19N5O3S. The van der Waals surface area contributed by atoms with Crippen LogP contribution in [0.25, 0.3) is 0 Å². The Balaban J connectivity index is 1.63. The van der Waals surface area contributed by atoms with Gasteiger partial charge >= 0.3 is 0 Å². The van der Waals surface area contributed by atoms with Crippen LogP contribution in [-0.4, -0.2) is 24.3 Å². The van der Waals surface area contributed by atoms with Crippen molar-refractivity contribution in [3.63, 3.8) is 0 Å². The van der Waals surface area contributed by atoms with Crippen molar-refractivity contribution in [1.29, 1.82) is 0 Å². The van der Waals surface area contributed by atoms with E-state index in [-0.39, 0.29) is 16.6 Å². The van der Waals surface area contributed by atoms with Gasteiger partial charge in [0.2, 0.25) is 5.91 Å². The van der Waals surface area contributed by atoms with E-state index in [1.54, 1.807) is 30.7 Å². The molecule has 3 aromatic rings. The van der Waals surface area contributed by atoms with E-state index in [4.69, 9.17) is 0 Å². The Hall–Kier alpha value is -3.46. The van der Waals surface area contributed by atoms with E-state index in [0.29, 0.717) is 12.2 Å². The summed E-state index contributed by atoms with van der Waals surface area (Å²) in [5.74, 6) is -0.0176. The van der Waals surface area contributed by atoms with E-state index >= 15 is 0 Å². The van der Waals surface area contributed by atoms with E-state index in [1.807, 2.05) is 12.1 Å². The van der Waals surface area contributed by atoms with Crippen LogP contribution in [0.15, 0.2) is 72.0 Å². The number of sulfonamides is 1. The second kappa shape index (κ2) is 8.49. The molecule has 3 rings (SSSR count). The second-order valence-electron chi connectivity index (χ2n) is 5.95. The number of carbonyl (C=O) groups is 1. The van der Waals surface area contributed by atoms with Gasteiger partial charge in [-0.3, -0.25) is 14.5 Å². The number of rotatable bonds is 7. The molecule has 0 aliphatic carbocycles. The molecule has 0 aliphatic rings. The topological polar surface area (TPSA) is 113 Å². The van der Waals surface area contributed by atoms with Gasteiger partial charge in [-0.15, -0.1) is 0 Å². The molecule has 0 fully saturated rings. The number of amides is 1. The Kier molecular flexibility index (Phi) is 5.85. The molecule has 0 radical (unpaired) electrons. The minimum absolute atomic E-state index is 0.0725. The quantitative estimate of drug-likeness (QED) is 0.565. The number of nitrogens with one attached hydrogen (secondary N) is 3. The summed E-state index contributed by atoms with van der Waals surface area (Å²) in [7, 11) is -3.78. The average molecular weight is 397 g/mol. The fraction of sp³-hybridized carbons (Fsp3) is 0.105. The van der Waals surface area contributed by atoms with Crippen molar-refractivity contribution in [1.82, 2.24) is 9.97 Å². The van der Waals surface area contributed by atoms with Gasteiger partial charge in [-0.25, -0.2) is 13.4 Å². The summed E-state index contributed by atoms with van der Waals surface area (Å²) in [5.41, 5.74) is 2.36. The number of hydrogen-bond acceptors (Lipinski definition) is 6. The van der Waals surface area contributed by atoms with Crippen molar-refractivity contribution in [2.24, 2.45) is 0 Å². The highest BCUT2D eigenvalue weighted by Gasteiger charge is 2.14. The third-order valence-corrected chi connectivity index (χ3v) is 5.10. The second-order valence-corrected chi connectivity index (χ2v) is 7.63. The third kappa shape index (κ3) is 5.27. The summed E-state index contributed by atoms with van der Waals surface area (Å²) in [5, 5.41) is 5.79. The highest BCUT2D eigenvalue weighted by Crippen LogP contribution is 2.18. The molecule has 2 heterocycles. The smallest absolute Gasteiger partial charge is 0.263 e. The largest absolute Gasteiger partial charge is 0.380 e. The molecule has 0 bridgehead atoms. The molecule has 2 aromatic heterocycles. The van der Waals surface area contributed by atoms with Gasteiger partial charge in [-0.05, 0) is 54.1 Å². The standard InChI is InChI=1S/C19H19N5O3S/c1-14(25)23-16-2-5-18(6-3-16)28(26,27)24-19-7-4-17(13-22-19)21-12-15-8-10-20-11-9-15/h2-11,13,21H,12H2,1H3,(H,22,24)(H,23,25). The zero-order chi connectivity index (χ0) is 20.0. The molecule has 0 atom stereocenters. The highest BCUT2D eigenvalue weighted by atomic mass is 32.2. The van der Waals surface area contributed by atoms with Crippen molar-refractivity contribution >= 4 is 33.1 Å². The van der Waals surface area contributed by atoms with Crippen LogP contribution in [0.3, 0.4) is 0 Å². The number of anilines is 3. The van der Waals surface area contributed by atoms with Crippen LogP contribution in [0, 0.1) is 0 Å². The normalized spacial score (nSPS) is 10.9. The molecule has 3 N–H and O–H groups in total. The van der Waals surface area contributed by atoms with E-state index < -0.39 is 10.0 Å². The zero-order valence-electron chi connectivity index (χ0n) is 15.1. The number of hydrogen-bond donors (Lipinski definition) is 3. The Labute approximate surface area is 163 Å². The summed E-state index contributed by atoms with van der Waals surface area (Å²) in [6.45, 7) is 1.99. The molecule has 1 amide bonds. The van der Waals surface area contributed by atoms with Gasteiger partial charge in [-0.1, -0.05) is 0 Å². The lowest BCUT2D eigenvalue weighted by Gasteiger charge is -2.10. The van der Waals surface area contributed by atoms with Crippen molar-refractivity contribution in [3.8, 4) is 0 Å². The fourth-order valence-corrected chi connectivity index (χ4v) is 3.39. The van der Waals surface area contributed by atoms with Gasteiger partial charge in [0, 0.05) is 31.5 Å². The maximum atomic E-state index is 12.5. The Bertz CT molecular complexity index is 1040. The Morgan fingerprint density at radius 2 is 1.64 bits per heavy atom. The molecule has 144 valence electrons. The van der Waals surface area contributed by atoms with Crippen LogP contribution in [0.2, 0.25) is 0 Å². The lowest BCUT2D eigenvalue weighted by atomic mass is 10.2. The first-order valence-electron chi connectivity index (χ1n) is 8.42. The summed E-state index contributed by atoms with van der Waals surface area (Å²) < 4.78 is 27.4. The van der Waals surface area contributed by atoms with Gasteiger partial charge in [0.25, 0.3) is 10.0 Å². The number of benzene rings is 1. The lowest BCUT2D eigenvalue weighted by molar-refractivity contribution is -0.114. The number of pyridine rings is 2. The SMILES string of the molecule is CC(=O)Nc1ccc(S(=O)(=O)Nc2ccc(NCc3ccncc3)cn2)cc1. The summed E-state index contributed by atoms with van der Waals surface area (Å²) in [6, 6.07) is 13.0. The van der Waals surface area contributed by atoms with E-state index in [1.165, 1.54) is 31.2 Å². The minimum atomic E-state index is -3.78. The number of nitrogens with zero attached hydrogens (tertiary/aromatic N) is 2. The van der Waals surface area contributed by atoms with Crippen LogP contribution in [0.5, 0.6) is 0 Å². The van der Waals surface area contributed by atoms with Gasteiger partial charge in [0.05, 0.1) is 16.8 Å². The van der Waals surface area contributed by atoms with Crippen molar-refractivity contribution < 1.29 is 13.2 Å². The minimum Gasteiger partial charge on any atom is -0.380 e.